The third-order valence-electron chi connectivity index (χ3n) is 6.76. The molecule has 2 aromatic rings. The van der Waals surface area contributed by atoms with E-state index in [2.05, 4.69) is 22.7 Å². The van der Waals surface area contributed by atoms with Crippen LogP contribution in [0.1, 0.15) is 18.9 Å². The van der Waals surface area contributed by atoms with Crippen LogP contribution in [-0.4, -0.2) is 53.0 Å². The number of para-hydroxylation sites is 1. The van der Waals surface area contributed by atoms with E-state index in [4.69, 9.17) is 10.5 Å². The van der Waals surface area contributed by atoms with Crippen LogP contribution in [0.25, 0.3) is 5.57 Å². The summed E-state index contributed by atoms with van der Waals surface area (Å²) >= 11 is 0. The van der Waals surface area contributed by atoms with Gasteiger partial charge in [0.1, 0.15) is 11.8 Å². The van der Waals surface area contributed by atoms with Gasteiger partial charge in [-0.3, -0.25) is 15.0 Å². The number of fused-ring (bicyclic) bond motifs is 1. The molecule has 36 heavy (non-hydrogen) atoms. The molecule has 2 saturated heterocycles. The molecule has 4 N–H and O–H groups in total. The zero-order chi connectivity index (χ0) is 25.4. The normalized spacial score (nSPS) is 25.0. The van der Waals surface area contributed by atoms with Crippen molar-refractivity contribution in [2.24, 2.45) is 11.7 Å². The van der Waals surface area contributed by atoms with Gasteiger partial charge < -0.3 is 20.3 Å². The van der Waals surface area contributed by atoms with Crippen molar-refractivity contribution in [3.05, 3.63) is 65.9 Å². The SMILES string of the molecule is CC#CC(=O)N1CC[C@@H](N2C=C(c3ccc(Oc4c(F)cccc4F)cc3)C3C(N)NNC(=O)C32)C1. The van der Waals surface area contributed by atoms with Gasteiger partial charge in [-0.25, -0.2) is 14.2 Å². The van der Waals surface area contributed by atoms with E-state index in [1.807, 2.05) is 11.1 Å². The van der Waals surface area contributed by atoms with E-state index in [0.717, 1.165) is 23.3 Å². The second-order valence-corrected chi connectivity index (χ2v) is 8.91. The van der Waals surface area contributed by atoms with Crippen molar-refractivity contribution in [3.8, 4) is 23.3 Å². The van der Waals surface area contributed by atoms with Crippen molar-refractivity contribution in [3.63, 3.8) is 0 Å². The maximum atomic E-state index is 14.0. The van der Waals surface area contributed by atoms with E-state index in [0.29, 0.717) is 19.5 Å². The molecule has 10 heteroatoms. The maximum absolute atomic E-state index is 14.0. The Balaban J connectivity index is 1.42. The molecule has 0 aromatic heterocycles. The standard InChI is InChI=1S/C26H25F2N5O3/c1-2-4-21(34)32-12-11-16(13-32)33-14-18(22-23(33)26(35)31-30-25(22)29)15-7-9-17(10-8-15)36-24-19(27)5-3-6-20(24)28/h3,5-10,14,16,22-23,25,30H,11-13,29H2,1H3,(H,31,35)/t16-,22?,23?,25?/m1/s1. The number of ether oxygens (including phenoxy) is 1. The highest BCUT2D eigenvalue weighted by Crippen LogP contribution is 2.41. The lowest BCUT2D eigenvalue weighted by Gasteiger charge is -2.39. The summed E-state index contributed by atoms with van der Waals surface area (Å²) in [7, 11) is 0. The first-order chi connectivity index (χ1) is 17.4. The first kappa shape index (κ1) is 23.8. The van der Waals surface area contributed by atoms with Crippen LogP contribution in [0.4, 0.5) is 8.78 Å². The van der Waals surface area contributed by atoms with Crippen LogP contribution in [0.15, 0.2) is 48.7 Å². The van der Waals surface area contributed by atoms with Gasteiger partial charge in [0.25, 0.3) is 11.8 Å². The Kier molecular flexibility index (Phi) is 6.35. The number of nitrogens with one attached hydrogen (secondary N) is 2. The van der Waals surface area contributed by atoms with Crippen molar-refractivity contribution in [1.82, 2.24) is 20.7 Å². The van der Waals surface area contributed by atoms with Crippen molar-refractivity contribution >= 4 is 17.4 Å². The van der Waals surface area contributed by atoms with Gasteiger partial charge in [0.05, 0.1) is 6.17 Å². The first-order valence-electron chi connectivity index (χ1n) is 11.6. The molecule has 3 unspecified atom stereocenters. The maximum Gasteiger partial charge on any atom is 0.298 e. The van der Waals surface area contributed by atoms with Gasteiger partial charge in [-0.2, -0.15) is 0 Å². The molecule has 3 heterocycles. The monoisotopic (exact) mass is 493 g/mol. The largest absolute Gasteiger partial charge is 0.451 e. The average molecular weight is 494 g/mol. The van der Waals surface area contributed by atoms with E-state index in [1.54, 1.807) is 36.1 Å². The molecular weight excluding hydrogens is 468 g/mol. The first-order valence-corrected chi connectivity index (χ1v) is 11.6. The minimum absolute atomic E-state index is 0.0692. The summed E-state index contributed by atoms with van der Waals surface area (Å²) in [5.41, 5.74) is 13.5. The molecule has 2 aromatic carbocycles. The number of rotatable bonds is 4. The summed E-state index contributed by atoms with van der Waals surface area (Å²) in [6.07, 6.45) is 2.08. The minimum Gasteiger partial charge on any atom is -0.451 e. The quantitative estimate of drug-likeness (QED) is 0.563. The highest BCUT2D eigenvalue weighted by Gasteiger charge is 2.49. The summed E-state index contributed by atoms with van der Waals surface area (Å²) in [5, 5.41) is 0. The van der Waals surface area contributed by atoms with E-state index < -0.39 is 29.6 Å². The summed E-state index contributed by atoms with van der Waals surface area (Å²) in [5.74, 6) is 2.62. The molecule has 0 aliphatic carbocycles. The number of nitrogens with zero attached hydrogens (tertiary/aromatic N) is 2. The van der Waals surface area contributed by atoms with E-state index >= 15 is 0 Å². The predicted octanol–water partition coefficient (Wildman–Crippen LogP) is 1.94. The third-order valence-corrected chi connectivity index (χ3v) is 6.76. The topological polar surface area (TPSA) is 99.9 Å². The molecule has 3 aliphatic heterocycles. The molecular formula is C26H25F2N5O3. The number of hydrogen-bond donors (Lipinski definition) is 3. The number of nitrogens with two attached hydrogens (primary N) is 1. The zero-order valence-corrected chi connectivity index (χ0v) is 19.5. The van der Waals surface area contributed by atoms with Crippen molar-refractivity contribution < 1.29 is 23.1 Å². The molecule has 0 spiro atoms. The second-order valence-electron chi connectivity index (χ2n) is 8.91. The van der Waals surface area contributed by atoms with Crippen molar-refractivity contribution in [2.45, 2.75) is 31.6 Å². The molecule has 3 aliphatic rings. The lowest BCUT2D eigenvalue weighted by Crippen LogP contribution is -2.67. The number of halogens is 2. The Labute approximate surface area is 207 Å². The third kappa shape index (κ3) is 4.27. The van der Waals surface area contributed by atoms with Gasteiger partial charge >= 0.3 is 0 Å². The van der Waals surface area contributed by atoms with Gasteiger partial charge in [0, 0.05) is 31.2 Å². The van der Waals surface area contributed by atoms with Crippen LogP contribution < -0.4 is 21.3 Å². The van der Waals surface area contributed by atoms with E-state index in [9.17, 15) is 18.4 Å². The predicted molar refractivity (Wildman–Crippen MR) is 128 cm³/mol. The van der Waals surface area contributed by atoms with E-state index in [-0.39, 0.29) is 29.5 Å². The van der Waals surface area contributed by atoms with Crippen molar-refractivity contribution in [1.29, 1.82) is 0 Å². The van der Waals surface area contributed by atoms with Crippen LogP contribution >= 0.6 is 0 Å². The summed E-state index contributed by atoms with van der Waals surface area (Å²) in [6.45, 7) is 2.63. The summed E-state index contributed by atoms with van der Waals surface area (Å²) < 4.78 is 33.4. The summed E-state index contributed by atoms with van der Waals surface area (Å²) in [6, 6.07) is 9.66. The number of carbonyl (C=O) groups is 2. The summed E-state index contributed by atoms with van der Waals surface area (Å²) in [4.78, 5) is 28.8. The number of hydrazine groups is 1. The molecule has 2 amide bonds. The van der Waals surface area contributed by atoms with Crippen LogP contribution in [0.3, 0.4) is 0 Å². The van der Waals surface area contributed by atoms with Gasteiger partial charge in [0.2, 0.25) is 0 Å². The van der Waals surface area contributed by atoms with Gasteiger partial charge in [-0.15, -0.1) is 0 Å². The second kappa shape index (κ2) is 9.60. The highest BCUT2D eigenvalue weighted by molar-refractivity contribution is 5.93. The number of likely N-dealkylation sites (tertiary alicyclic amines) is 1. The Morgan fingerprint density at radius 3 is 2.58 bits per heavy atom. The zero-order valence-electron chi connectivity index (χ0n) is 19.5. The van der Waals surface area contributed by atoms with Crippen LogP contribution in [0.2, 0.25) is 0 Å². The fraction of sp³-hybridized carbons (Fsp3) is 0.308. The molecule has 186 valence electrons. The Bertz CT molecular complexity index is 1270. The molecule has 0 saturated carbocycles. The molecule has 5 rings (SSSR count). The van der Waals surface area contributed by atoms with E-state index in [1.165, 1.54) is 6.07 Å². The van der Waals surface area contributed by atoms with Gasteiger partial charge in [0.15, 0.2) is 17.4 Å². The number of carbonyl (C=O) groups excluding carboxylic acids is 2. The Hall–Kier alpha value is -3.94. The molecule has 4 atom stereocenters. The Morgan fingerprint density at radius 2 is 1.89 bits per heavy atom. The average Bonchev–Trinajstić information content (AvgIpc) is 3.51. The van der Waals surface area contributed by atoms with Crippen LogP contribution in [0.5, 0.6) is 11.5 Å². The lowest BCUT2D eigenvalue weighted by molar-refractivity contribution is -0.131. The fourth-order valence-electron chi connectivity index (χ4n) is 5.06. The fourth-order valence-corrected chi connectivity index (χ4v) is 5.06. The van der Waals surface area contributed by atoms with Crippen LogP contribution in [-0.2, 0) is 9.59 Å². The minimum atomic E-state index is -0.796. The highest BCUT2D eigenvalue weighted by atomic mass is 19.1. The number of benzene rings is 2. The van der Waals surface area contributed by atoms with Crippen LogP contribution in [0, 0.1) is 29.4 Å². The molecule has 0 bridgehead atoms. The Morgan fingerprint density at radius 1 is 1.17 bits per heavy atom. The lowest BCUT2D eigenvalue weighted by atomic mass is 9.86. The number of amides is 2. The van der Waals surface area contributed by atoms with Gasteiger partial charge in [-0.05, 0) is 54.7 Å². The van der Waals surface area contributed by atoms with Crippen molar-refractivity contribution in [2.75, 3.05) is 13.1 Å². The number of hydrogen-bond acceptors (Lipinski definition) is 6. The molecule has 2 fully saturated rings. The van der Waals surface area contributed by atoms with Gasteiger partial charge in [-0.1, -0.05) is 24.1 Å². The molecule has 8 nitrogen and oxygen atoms in total. The molecule has 0 radical (unpaired) electrons. The smallest absolute Gasteiger partial charge is 0.298 e.